The van der Waals surface area contributed by atoms with Gasteiger partial charge < -0.3 is 15.0 Å². The van der Waals surface area contributed by atoms with Gasteiger partial charge in [0.1, 0.15) is 24.2 Å². The molecule has 1 N–H and O–H groups in total. The maximum atomic E-state index is 14.8. The number of ether oxygens (including phenoxy) is 1. The molecule has 0 unspecified atom stereocenters. The van der Waals surface area contributed by atoms with E-state index in [0.29, 0.717) is 6.54 Å². The molecule has 3 rings (SSSR count). The van der Waals surface area contributed by atoms with Crippen molar-refractivity contribution in [3.63, 3.8) is 0 Å². The predicted octanol–water partition coefficient (Wildman–Crippen LogP) is 4.01. The lowest BCUT2D eigenvalue weighted by molar-refractivity contribution is -0.140. The highest BCUT2D eigenvalue weighted by Crippen LogP contribution is 2.30. The number of hydrogen-bond acceptors (Lipinski definition) is 5. The fourth-order valence-corrected chi connectivity index (χ4v) is 5.07. The molecule has 0 saturated carbocycles. The fourth-order valence-electron chi connectivity index (χ4n) is 4.22. The number of para-hydroxylation sites is 2. The molecule has 0 aliphatic rings. The third kappa shape index (κ3) is 8.29. The minimum atomic E-state index is -3.96. The summed E-state index contributed by atoms with van der Waals surface area (Å²) in [6.07, 6.45) is 1.14. The molecule has 0 aliphatic heterocycles. The largest absolute Gasteiger partial charge is 0.495 e. The Morgan fingerprint density at radius 1 is 0.950 bits per heavy atom. The highest BCUT2D eigenvalue weighted by atomic mass is 32.2. The van der Waals surface area contributed by atoms with E-state index in [9.17, 15) is 22.4 Å². The molecule has 1 atom stereocenters. The second kappa shape index (κ2) is 13.9. The van der Waals surface area contributed by atoms with E-state index in [0.717, 1.165) is 16.1 Å². The zero-order chi connectivity index (χ0) is 29.3. The van der Waals surface area contributed by atoms with Crippen LogP contribution in [-0.4, -0.2) is 57.6 Å². The topological polar surface area (TPSA) is 96.0 Å². The van der Waals surface area contributed by atoms with E-state index >= 15 is 0 Å². The number of anilines is 1. The van der Waals surface area contributed by atoms with Gasteiger partial charge in [-0.05, 0) is 29.7 Å². The molecular formula is C30H36FN3O5S. The first-order valence-corrected chi connectivity index (χ1v) is 14.8. The Morgan fingerprint density at radius 2 is 1.57 bits per heavy atom. The summed E-state index contributed by atoms with van der Waals surface area (Å²) in [4.78, 5) is 28.9. The smallest absolute Gasteiger partial charge is 0.244 e. The van der Waals surface area contributed by atoms with E-state index in [2.05, 4.69) is 5.32 Å². The number of hydrogen-bond donors (Lipinski definition) is 1. The van der Waals surface area contributed by atoms with Gasteiger partial charge in [0.05, 0.1) is 19.1 Å². The summed E-state index contributed by atoms with van der Waals surface area (Å²) in [5.74, 6) is -1.20. The summed E-state index contributed by atoms with van der Waals surface area (Å²) >= 11 is 0. The number of rotatable bonds is 13. The van der Waals surface area contributed by atoms with Crippen molar-refractivity contribution in [3.8, 4) is 5.75 Å². The summed E-state index contributed by atoms with van der Waals surface area (Å²) in [5, 5.41) is 2.89. The molecule has 40 heavy (non-hydrogen) atoms. The van der Waals surface area contributed by atoms with Crippen molar-refractivity contribution in [2.24, 2.45) is 5.92 Å². The van der Waals surface area contributed by atoms with Crippen LogP contribution in [0, 0.1) is 11.7 Å². The molecule has 3 aromatic rings. The molecular weight excluding hydrogens is 533 g/mol. The number of halogens is 1. The van der Waals surface area contributed by atoms with Crippen molar-refractivity contribution < 1.29 is 27.1 Å². The second-order valence-corrected chi connectivity index (χ2v) is 11.8. The SMILES string of the molecule is COc1ccccc1N(CC(=O)N(Cc1ccccc1F)[C@@H](Cc1ccccc1)C(=O)NCC(C)C)S(C)(=O)=O. The summed E-state index contributed by atoms with van der Waals surface area (Å²) in [6.45, 7) is 3.43. The molecule has 0 heterocycles. The number of methoxy groups -OCH3 is 1. The first-order chi connectivity index (χ1) is 19.0. The average Bonchev–Trinajstić information content (AvgIpc) is 2.93. The van der Waals surface area contributed by atoms with Gasteiger partial charge in [-0.15, -0.1) is 0 Å². The Labute approximate surface area is 235 Å². The van der Waals surface area contributed by atoms with Crippen molar-refractivity contribution >= 4 is 27.5 Å². The fraction of sp³-hybridized carbons (Fsp3) is 0.333. The Bertz CT molecular complexity index is 1400. The summed E-state index contributed by atoms with van der Waals surface area (Å²) in [5.41, 5.74) is 1.17. The number of carbonyl (C=O) groups excluding carboxylic acids is 2. The van der Waals surface area contributed by atoms with Gasteiger partial charge in [0.2, 0.25) is 21.8 Å². The minimum Gasteiger partial charge on any atom is -0.495 e. The Kier molecular flexibility index (Phi) is 10.7. The predicted molar refractivity (Wildman–Crippen MR) is 154 cm³/mol. The van der Waals surface area contributed by atoms with Crippen molar-refractivity contribution in [2.75, 3.05) is 30.8 Å². The second-order valence-electron chi connectivity index (χ2n) is 9.90. The van der Waals surface area contributed by atoms with Crippen LogP contribution in [0.3, 0.4) is 0 Å². The molecule has 0 saturated heterocycles. The molecule has 0 fully saturated rings. The van der Waals surface area contributed by atoms with Crippen LogP contribution in [0.1, 0.15) is 25.0 Å². The maximum Gasteiger partial charge on any atom is 0.244 e. The summed E-state index contributed by atoms with van der Waals surface area (Å²) in [6, 6.07) is 20.6. The van der Waals surface area contributed by atoms with Crippen LogP contribution < -0.4 is 14.4 Å². The summed E-state index contributed by atoms with van der Waals surface area (Å²) < 4.78 is 46.9. The highest BCUT2D eigenvalue weighted by molar-refractivity contribution is 7.92. The number of carbonyl (C=O) groups is 2. The van der Waals surface area contributed by atoms with Crippen molar-refractivity contribution in [2.45, 2.75) is 32.9 Å². The number of nitrogens with one attached hydrogen (secondary N) is 1. The monoisotopic (exact) mass is 569 g/mol. The van der Waals surface area contributed by atoms with Gasteiger partial charge in [-0.3, -0.25) is 13.9 Å². The van der Waals surface area contributed by atoms with Crippen LogP contribution in [0.4, 0.5) is 10.1 Å². The van der Waals surface area contributed by atoms with Crippen molar-refractivity contribution in [3.05, 3.63) is 95.8 Å². The van der Waals surface area contributed by atoms with E-state index in [1.54, 1.807) is 24.3 Å². The summed E-state index contributed by atoms with van der Waals surface area (Å²) in [7, 11) is -2.55. The third-order valence-electron chi connectivity index (χ3n) is 6.29. The molecule has 0 bridgehead atoms. The molecule has 0 aliphatic carbocycles. The lowest BCUT2D eigenvalue weighted by Gasteiger charge is -2.34. The van der Waals surface area contributed by atoms with Crippen LogP contribution in [0.5, 0.6) is 5.75 Å². The van der Waals surface area contributed by atoms with Gasteiger partial charge in [-0.2, -0.15) is 0 Å². The zero-order valence-corrected chi connectivity index (χ0v) is 24.0. The standard InChI is InChI=1S/C30H36FN3O5S/c1-22(2)19-32-30(36)27(18-23-12-6-5-7-13-23)33(20-24-14-8-9-15-25(24)31)29(35)21-34(40(4,37)38)26-16-10-11-17-28(26)39-3/h5-17,22,27H,18-21H2,1-4H3,(H,32,36)/t27-/m0/s1. The molecule has 3 aromatic carbocycles. The normalized spacial score (nSPS) is 12.1. The number of nitrogens with zero attached hydrogens (tertiary/aromatic N) is 2. The van der Waals surface area contributed by atoms with Crippen molar-refractivity contribution in [1.82, 2.24) is 10.2 Å². The number of benzene rings is 3. The van der Waals surface area contributed by atoms with Gasteiger partial charge in [0, 0.05) is 25.1 Å². The van der Waals surface area contributed by atoms with E-state index in [1.807, 2.05) is 44.2 Å². The maximum absolute atomic E-state index is 14.8. The Hall–Kier alpha value is -3.92. The average molecular weight is 570 g/mol. The van der Waals surface area contributed by atoms with Gasteiger partial charge >= 0.3 is 0 Å². The molecule has 8 nitrogen and oxygen atoms in total. The molecule has 0 radical (unpaired) electrons. The van der Waals surface area contributed by atoms with Gasteiger partial charge in [0.25, 0.3) is 0 Å². The minimum absolute atomic E-state index is 0.151. The van der Waals surface area contributed by atoms with E-state index in [-0.39, 0.29) is 35.9 Å². The van der Waals surface area contributed by atoms with Crippen LogP contribution in [-0.2, 0) is 32.6 Å². The van der Waals surface area contributed by atoms with Gasteiger partial charge in [-0.1, -0.05) is 74.5 Å². The van der Waals surface area contributed by atoms with Gasteiger partial charge in [0.15, 0.2) is 0 Å². The first-order valence-electron chi connectivity index (χ1n) is 13.0. The zero-order valence-electron chi connectivity index (χ0n) is 23.2. The molecule has 0 spiro atoms. The van der Waals surface area contributed by atoms with Crippen molar-refractivity contribution in [1.29, 1.82) is 0 Å². The Morgan fingerprint density at radius 3 is 2.20 bits per heavy atom. The Balaban J connectivity index is 2.08. The van der Waals surface area contributed by atoms with E-state index in [1.165, 1.54) is 36.3 Å². The van der Waals surface area contributed by atoms with E-state index < -0.39 is 40.2 Å². The molecule has 2 amide bonds. The van der Waals surface area contributed by atoms with Crippen LogP contribution >= 0.6 is 0 Å². The van der Waals surface area contributed by atoms with Crippen LogP contribution in [0.25, 0.3) is 0 Å². The first kappa shape index (κ1) is 30.6. The quantitative estimate of drug-likeness (QED) is 0.336. The molecule has 10 heteroatoms. The third-order valence-corrected chi connectivity index (χ3v) is 7.41. The lowest BCUT2D eigenvalue weighted by Crippen LogP contribution is -2.53. The number of amides is 2. The van der Waals surface area contributed by atoms with Crippen LogP contribution in [0.2, 0.25) is 0 Å². The van der Waals surface area contributed by atoms with E-state index in [4.69, 9.17) is 4.74 Å². The van der Waals surface area contributed by atoms with Crippen LogP contribution in [0.15, 0.2) is 78.9 Å². The number of sulfonamides is 1. The molecule has 214 valence electrons. The lowest BCUT2D eigenvalue weighted by atomic mass is 10.0. The molecule has 0 aromatic heterocycles. The van der Waals surface area contributed by atoms with Gasteiger partial charge in [-0.25, -0.2) is 12.8 Å². The highest BCUT2D eigenvalue weighted by Gasteiger charge is 2.34.